The summed E-state index contributed by atoms with van der Waals surface area (Å²) in [5, 5.41) is 0. The van der Waals surface area contributed by atoms with Crippen molar-refractivity contribution in [3.63, 3.8) is 0 Å². The van der Waals surface area contributed by atoms with Crippen LogP contribution < -0.4 is 4.48 Å². The van der Waals surface area contributed by atoms with E-state index in [0.717, 1.165) is 4.48 Å². The van der Waals surface area contributed by atoms with Crippen LogP contribution in [-0.4, -0.2) is 21.1 Å². The predicted octanol–water partition coefficient (Wildman–Crippen LogP) is 1.68. The Morgan fingerprint density at radius 2 is 1.60 bits per heavy atom. The van der Waals surface area contributed by atoms with E-state index in [1.807, 2.05) is 12.1 Å². The zero-order valence-electron chi connectivity index (χ0n) is 6.76. The van der Waals surface area contributed by atoms with Gasteiger partial charge in [-0.15, -0.1) is 0 Å². The van der Waals surface area contributed by atoms with Gasteiger partial charge < -0.3 is 0 Å². The highest BCUT2D eigenvalue weighted by molar-refractivity contribution is 5.39. The molecule has 0 aromatic heterocycles. The minimum absolute atomic E-state index is 0.870. The molecule has 1 nitrogen and oxygen atoms in total. The molecule has 0 heterocycles. The molecular weight excluding hydrogens is 122 g/mol. The number of benzene rings is 1. The molecule has 0 atom stereocenters. The van der Waals surface area contributed by atoms with E-state index in [2.05, 4.69) is 39.3 Å². The highest BCUT2D eigenvalue weighted by Crippen LogP contribution is 2.13. The van der Waals surface area contributed by atoms with Crippen molar-refractivity contribution in [3.8, 4) is 0 Å². The summed E-state index contributed by atoms with van der Waals surface area (Å²) >= 11 is 0. The Morgan fingerprint density at radius 1 is 1.10 bits per heavy atom. The molecule has 1 heteroatoms. The Bertz CT molecular complexity index is 196. The molecule has 0 amide bonds. The van der Waals surface area contributed by atoms with E-state index in [4.69, 9.17) is 0 Å². The first-order valence-corrected chi connectivity index (χ1v) is 3.39. The molecule has 1 aromatic rings. The van der Waals surface area contributed by atoms with Crippen LogP contribution in [0.3, 0.4) is 0 Å². The molecule has 0 N–H and O–H groups in total. The topological polar surface area (TPSA) is 0 Å². The second-order valence-corrected chi connectivity index (χ2v) is 3.27. The van der Waals surface area contributed by atoms with Crippen LogP contribution in [0.1, 0.15) is 0 Å². The van der Waals surface area contributed by atoms with E-state index in [0.29, 0.717) is 0 Å². The van der Waals surface area contributed by atoms with Gasteiger partial charge in [-0.2, -0.15) is 0 Å². The highest BCUT2D eigenvalue weighted by atomic mass is 15.3. The Balaban J connectivity index is 2.97. The smallest absolute Gasteiger partial charge is 0.132 e. The lowest BCUT2D eigenvalue weighted by Gasteiger charge is -2.22. The van der Waals surface area contributed by atoms with Crippen LogP contribution in [0.4, 0.5) is 5.69 Å². The van der Waals surface area contributed by atoms with Gasteiger partial charge in [-0.3, -0.25) is 4.48 Å². The maximum absolute atomic E-state index is 2.99. The van der Waals surface area contributed by atoms with E-state index >= 15 is 0 Å². The van der Waals surface area contributed by atoms with Gasteiger partial charge in [0.1, 0.15) is 5.69 Å². The number of hydrogen-bond donors (Lipinski definition) is 0. The SMILES string of the molecule is C[N+](C)(C)c1cc[c]cc1. The Labute approximate surface area is 62.5 Å². The molecule has 0 bridgehead atoms. The normalized spacial score (nSPS) is 11.5. The molecular formula is C9H13N+. The summed E-state index contributed by atoms with van der Waals surface area (Å²) in [6.07, 6.45) is 0. The van der Waals surface area contributed by atoms with E-state index in [1.165, 1.54) is 5.69 Å². The lowest BCUT2D eigenvalue weighted by atomic mass is 10.3. The van der Waals surface area contributed by atoms with Gasteiger partial charge in [0.2, 0.25) is 0 Å². The van der Waals surface area contributed by atoms with Crippen molar-refractivity contribution in [2.24, 2.45) is 0 Å². The van der Waals surface area contributed by atoms with Crippen molar-refractivity contribution in [2.75, 3.05) is 21.1 Å². The number of rotatable bonds is 1. The van der Waals surface area contributed by atoms with Crippen molar-refractivity contribution < 1.29 is 0 Å². The van der Waals surface area contributed by atoms with E-state index in [-0.39, 0.29) is 0 Å². The molecule has 0 unspecified atom stereocenters. The number of quaternary nitrogens is 1. The van der Waals surface area contributed by atoms with Crippen LogP contribution in [0.2, 0.25) is 0 Å². The predicted molar refractivity (Wildman–Crippen MR) is 44.8 cm³/mol. The number of hydrogen-bond acceptors (Lipinski definition) is 0. The van der Waals surface area contributed by atoms with Crippen molar-refractivity contribution in [3.05, 3.63) is 30.3 Å². The standard InChI is InChI=1S/C9H13N/c1-10(2,3)9-7-5-4-6-8-9/h5-8H,1-3H3/q+1. The van der Waals surface area contributed by atoms with Crippen LogP contribution in [0, 0.1) is 6.07 Å². The van der Waals surface area contributed by atoms with Gasteiger partial charge in [0.25, 0.3) is 0 Å². The molecule has 0 fully saturated rings. The van der Waals surface area contributed by atoms with Crippen LogP contribution in [0.15, 0.2) is 24.3 Å². The van der Waals surface area contributed by atoms with Gasteiger partial charge >= 0.3 is 0 Å². The molecule has 1 rings (SSSR count). The molecule has 10 heavy (non-hydrogen) atoms. The molecule has 0 aliphatic heterocycles. The van der Waals surface area contributed by atoms with Gasteiger partial charge in [-0.25, -0.2) is 0 Å². The molecule has 1 radical (unpaired) electrons. The maximum atomic E-state index is 2.99. The van der Waals surface area contributed by atoms with Crippen molar-refractivity contribution in [1.82, 2.24) is 4.48 Å². The lowest BCUT2D eigenvalue weighted by molar-refractivity contribution is 0.486. The quantitative estimate of drug-likeness (QED) is 0.514. The minimum Gasteiger partial charge on any atom is -0.298 e. The zero-order valence-corrected chi connectivity index (χ0v) is 6.76. The van der Waals surface area contributed by atoms with Crippen LogP contribution in [-0.2, 0) is 0 Å². The Kier molecular flexibility index (Phi) is 1.77. The highest BCUT2D eigenvalue weighted by Gasteiger charge is 2.08. The molecule has 0 saturated heterocycles. The molecule has 0 spiro atoms. The number of nitrogens with zero attached hydrogens (tertiary/aromatic N) is 1. The molecule has 1 aromatic carbocycles. The first kappa shape index (κ1) is 7.29. The van der Waals surface area contributed by atoms with Crippen LogP contribution >= 0.6 is 0 Å². The van der Waals surface area contributed by atoms with Gasteiger partial charge in [-0.05, 0) is 30.3 Å². The molecule has 0 aliphatic carbocycles. The third-order valence-electron chi connectivity index (χ3n) is 1.48. The molecule has 0 aliphatic rings. The molecule has 0 saturated carbocycles. The second kappa shape index (κ2) is 2.43. The average molecular weight is 135 g/mol. The average Bonchev–Trinajstić information content (AvgIpc) is 1.88. The summed E-state index contributed by atoms with van der Waals surface area (Å²) in [6.45, 7) is 0. The Hall–Kier alpha value is -0.820. The maximum Gasteiger partial charge on any atom is 0.132 e. The lowest BCUT2D eigenvalue weighted by Crippen LogP contribution is -2.34. The summed E-state index contributed by atoms with van der Waals surface area (Å²) in [7, 11) is 6.44. The fourth-order valence-corrected chi connectivity index (χ4v) is 0.825. The van der Waals surface area contributed by atoms with Crippen LogP contribution in [0.25, 0.3) is 0 Å². The Morgan fingerprint density at radius 3 is 1.90 bits per heavy atom. The summed E-state index contributed by atoms with van der Waals surface area (Å²) in [6, 6.07) is 11.0. The van der Waals surface area contributed by atoms with E-state index in [9.17, 15) is 0 Å². The second-order valence-electron chi connectivity index (χ2n) is 3.27. The first-order valence-electron chi connectivity index (χ1n) is 3.39. The monoisotopic (exact) mass is 135 g/mol. The van der Waals surface area contributed by atoms with E-state index < -0.39 is 0 Å². The third kappa shape index (κ3) is 1.58. The van der Waals surface area contributed by atoms with Crippen molar-refractivity contribution in [2.45, 2.75) is 0 Å². The van der Waals surface area contributed by atoms with Crippen molar-refractivity contribution >= 4 is 5.69 Å². The fourth-order valence-electron chi connectivity index (χ4n) is 0.825. The third-order valence-corrected chi connectivity index (χ3v) is 1.48. The largest absolute Gasteiger partial charge is 0.298 e. The minimum atomic E-state index is 0.870. The van der Waals surface area contributed by atoms with Crippen LogP contribution in [0.5, 0.6) is 0 Å². The fraction of sp³-hybridized carbons (Fsp3) is 0.333. The van der Waals surface area contributed by atoms with Gasteiger partial charge in [0, 0.05) is 0 Å². The summed E-state index contributed by atoms with van der Waals surface area (Å²) in [5.74, 6) is 0. The summed E-state index contributed by atoms with van der Waals surface area (Å²) in [5.41, 5.74) is 1.30. The van der Waals surface area contributed by atoms with Gasteiger partial charge in [0.05, 0.1) is 21.1 Å². The molecule has 53 valence electrons. The zero-order chi connectivity index (χ0) is 7.61. The first-order chi connectivity index (χ1) is 4.61. The summed E-state index contributed by atoms with van der Waals surface area (Å²) < 4.78 is 0.870. The summed E-state index contributed by atoms with van der Waals surface area (Å²) in [4.78, 5) is 0. The van der Waals surface area contributed by atoms with Crippen molar-refractivity contribution in [1.29, 1.82) is 0 Å². The van der Waals surface area contributed by atoms with E-state index in [1.54, 1.807) is 0 Å². The van der Waals surface area contributed by atoms with Gasteiger partial charge in [0.15, 0.2) is 0 Å². The van der Waals surface area contributed by atoms with Gasteiger partial charge in [-0.1, -0.05) is 0 Å².